The Hall–Kier alpha value is -1.43. The van der Waals surface area contributed by atoms with Gasteiger partial charge in [0, 0.05) is 19.6 Å². The van der Waals surface area contributed by atoms with Gasteiger partial charge in [0.1, 0.15) is 19.3 Å². The van der Waals surface area contributed by atoms with E-state index in [1.54, 1.807) is 12.7 Å². The smallest absolute Gasteiger partial charge is 0.248 e. The fourth-order valence-corrected chi connectivity index (χ4v) is 4.16. The summed E-state index contributed by atoms with van der Waals surface area (Å²) in [5.41, 5.74) is 0. The summed E-state index contributed by atoms with van der Waals surface area (Å²) >= 11 is 0. The van der Waals surface area contributed by atoms with E-state index < -0.39 is 0 Å². The van der Waals surface area contributed by atoms with Gasteiger partial charge in [-0.15, -0.1) is 0 Å². The van der Waals surface area contributed by atoms with Crippen LogP contribution in [0.25, 0.3) is 0 Å². The Morgan fingerprint density at radius 1 is 1.25 bits per heavy atom. The van der Waals surface area contributed by atoms with Gasteiger partial charge in [0.25, 0.3) is 0 Å². The van der Waals surface area contributed by atoms with Gasteiger partial charge >= 0.3 is 0 Å². The molecule has 6 nitrogen and oxygen atoms in total. The molecule has 2 heterocycles. The van der Waals surface area contributed by atoms with E-state index in [0.717, 1.165) is 45.3 Å². The topological polar surface area (TPSA) is 60.2 Å². The maximum Gasteiger partial charge on any atom is 0.248 e. The lowest BCUT2D eigenvalue weighted by molar-refractivity contribution is -0.142. The van der Waals surface area contributed by atoms with Crippen LogP contribution in [0.15, 0.2) is 12.7 Å². The second kappa shape index (κ2) is 8.60. The summed E-state index contributed by atoms with van der Waals surface area (Å²) < 4.78 is 7.89. The zero-order valence-electron chi connectivity index (χ0n) is 14.8. The fourth-order valence-electron chi connectivity index (χ4n) is 4.16. The van der Waals surface area contributed by atoms with E-state index in [2.05, 4.69) is 17.0 Å². The number of rotatable bonds is 6. The van der Waals surface area contributed by atoms with Crippen LogP contribution in [0.5, 0.6) is 0 Å². The Morgan fingerprint density at radius 2 is 2.12 bits per heavy atom. The lowest BCUT2D eigenvalue weighted by atomic mass is 9.85. The quantitative estimate of drug-likeness (QED) is 0.802. The minimum atomic E-state index is 0.152. The van der Waals surface area contributed by atoms with Crippen molar-refractivity contribution in [1.82, 2.24) is 19.7 Å². The minimum Gasteiger partial charge on any atom is -0.368 e. The van der Waals surface area contributed by atoms with Crippen molar-refractivity contribution in [2.45, 2.75) is 64.5 Å². The van der Waals surface area contributed by atoms with E-state index in [9.17, 15) is 4.79 Å². The lowest BCUT2D eigenvalue weighted by Crippen LogP contribution is -2.43. The van der Waals surface area contributed by atoms with Crippen molar-refractivity contribution < 1.29 is 9.53 Å². The molecule has 0 N–H and O–H groups in total. The molecule has 0 bridgehead atoms. The van der Waals surface area contributed by atoms with Crippen LogP contribution in [-0.2, 0) is 16.1 Å². The third-order valence-electron chi connectivity index (χ3n) is 5.57. The van der Waals surface area contributed by atoms with Gasteiger partial charge < -0.3 is 9.64 Å². The second-order valence-electron chi connectivity index (χ2n) is 7.27. The molecule has 1 aliphatic carbocycles. The highest BCUT2D eigenvalue weighted by Gasteiger charge is 2.28. The molecule has 134 valence electrons. The predicted molar refractivity (Wildman–Crippen MR) is 91.3 cm³/mol. The second-order valence-corrected chi connectivity index (χ2v) is 7.27. The summed E-state index contributed by atoms with van der Waals surface area (Å²) in [6, 6.07) is 0. The van der Waals surface area contributed by atoms with Gasteiger partial charge in [-0.05, 0) is 37.5 Å². The maximum absolute atomic E-state index is 12.5. The largest absolute Gasteiger partial charge is 0.368 e. The third-order valence-corrected chi connectivity index (χ3v) is 5.57. The Bertz CT molecular complexity index is 505. The highest BCUT2D eigenvalue weighted by molar-refractivity contribution is 5.77. The number of carbonyl (C=O) groups is 1. The van der Waals surface area contributed by atoms with Crippen LogP contribution in [-0.4, -0.2) is 51.4 Å². The lowest BCUT2D eigenvalue weighted by Gasteiger charge is -2.34. The van der Waals surface area contributed by atoms with Gasteiger partial charge in [-0.2, -0.15) is 5.10 Å². The highest BCUT2D eigenvalue weighted by Crippen LogP contribution is 2.29. The molecule has 1 aromatic rings. The summed E-state index contributed by atoms with van der Waals surface area (Å²) in [5, 5.41) is 4.17. The first-order valence-corrected chi connectivity index (χ1v) is 9.48. The van der Waals surface area contributed by atoms with Gasteiger partial charge in [0.15, 0.2) is 0 Å². The molecule has 1 aliphatic heterocycles. The molecule has 3 rings (SSSR count). The van der Waals surface area contributed by atoms with Gasteiger partial charge in [-0.25, -0.2) is 4.98 Å². The molecule has 0 spiro atoms. The van der Waals surface area contributed by atoms with Crippen molar-refractivity contribution in [2.75, 3.05) is 19.7 Å². The van der Waals surface area contributed by atoms with E-state index in [1.165, 1.54) is 19.3 Å². The molecule has 6 heteroatoms. The molecule has 0 radical (unpaired) electrons. The highest BCUT2D eigenvalue weighted by atomic mass is 16.5. The number of likely N-dealkylation sites (tertiary alicyclic amines) is 1. The zero-order chi connectivity index (χ0) is 16.8. The summed E-state index contributed by atoms with van der Waals surface area (Å²) in [5.74, 6) is 1.24. The molecular formula is C18H30N4O2. The van der Waals surface area contributed by atoms with Crippen LogP contribution in [0.2, 0.25) is 0 Å². The SMILES string of the molecule is CCC1CCCCC1OCC(=O)N1CCCC(Cn2cncn2)C1. The van der Waals surface area contributed by atoms with E-state index in [4.69, 9.17) is 4.74 Å². The average Bonchev–Trinajstić information content (AvgIpc) is 3.13. The average molecular weight is 334 g/mol. The zero-order valence-corrected chi connectivity index (χ0v) is 14.8. The number of hydrogen-bond acceptors (Lipinski definition) is 4. The van der Waals surface area contributed by atoms with Crippen LogP contribution < -0.4 is 0 Å². The van der Waals surface area contributed by atoms with Crippen molar-refractivity contribution in [3.63, 3.8) is 0 Å². The standard InChI is InChI=1S/C18H30N4O2/c1-2-16-7-3-4-8-17(16)24-12-18(23)21-9-5-6-15(10-21)11-22-14-19-13-20-22/h13-17H,2-12H2,1H3. The summed E-state index contributed by atoms with van der Waals surface area (Å²) in [6.07, 6.45) is 11.9. The van der Waals surface area contributed by atoms with Crippen molar-refractivity contribution in [1.29, 1.82) is 0 Å². The molecule has 1 saturated carbocycles. The number of piperidine rings is 1. The van der Waals surface area contributed by atoms with Crippen LogP contribution >= 0.6 is 0 Å². The van der Waals surface area contributed by atoms with E-state index in [-0.39, 0.29) is 18.6 Å². The molecule has 3 atom stereocenters. The fraction of sp³-hybridized carbons (Fsp3) is 0.833. The molecule has 0 aromatic carbocycles. The van der Waals surface area contributed by atoms with Gasteiger partial charge in [0.05, 0.1) is 6.10 Å². The van der Waals surface area contributed by atoms with Crippen LogP contribution in [0.4, 0.5) is 0 Å². The van der Waals surface area contributed by atoms with E-state index >= 15 is 0 Å². The molecule has 1 aromatic heterocycles. The number of aromatic nitrogens is 3. The van der Waals surface area contributed by atoms with Crippen molar-refractivity contribution in [3.8, 4) is 0 Å². The Kier molecular flexibility index (Phi) is 6.24. The predicted octanol–water partition coefficient (Wildman–Crippen LogP) is 2.50. The van der Waals surface area contributed by atoms with Crippen LogP contribution in [0, 0.1) is 11.8 Å². The molecule has 1 amide bonds. The van der Waals surface area contributed by atoms with Gasteiger partial charge in [-0.3, -0.25) is 9.48 Å². The normalized spacial score (nSPS) is 28.0. The van der Waals surface area contributed by atoms with Crippen LogP contribution in [0.1, 0.15) is 51.9 Å². The van der Waals surface area contributed by atoms with Crippen molar-refractivity contribution >= 4 is 5.91 Å². The first-order chi connectivity index (χ1) is 11.8. The molecule has 3 unspecified atom stereocenters. The summed E-state index contributed by atoms with van der Waals surface area (Å²) in [4.78, 5) is 18.5. The molecule has 24 heavy (non-hydrogen) atoms. The van der Waals surface area contributed by atoms with Crippen molar-refractivity contribution in [2.24, 2.45) is 11.8 Å². The van der Waals surface area contributed by atoms with Gasteiger partial charge in [-0.1, -0.05) is 26.2 Å². The molecule has 2 fully saturated rings. The van der Waals surface area contributed by atoms with Crippen LogP contribution in [0.3, 0.4) is 0 Å². The third kappa shape index (κ3) is 4.56. The monoisotopic (exact) mass is 334 g/mol. The summed E-state index contributed by atoms with van der Waals surface area (Å²) in [6.45, 7) is 4.98. The number of amides is 1. The first kappa shape index (κ1) is 17.4. The first-order valence-electron chi connectivity index (χ1n) is 9.48. The van der Waals surface area contributed by atoms with Gasteiger partial charge in [0.2, 0.25) is 5.91 Å². The van der Waals surface area contributed by atoms with E-state index in [0.29, 0.717) is 11.8 Å². The number of hydrogen-bond donors (Lipinski definition) is 0. The number of carbonyl (C=O) groups excluding carboxylic acids is 1. The van der Waals surface area contributed by atoms with Crippen molar-refractivity contribution in [3.05, 3.63) is 12.7 Å². The molecule has 2 aliphatic rings. The number of ether oxygens (including phenoxy) is 1. The van der Waals surface area contributed by atoms with E-state index in [1.807, 2.05) is 9.58 Å². The Balaban J connectivity index is 1.45. The maximum atomic E-state index is 12.5. The Labute approximate surface area is 144 Å². The summed E-state index contributed by atoms with van der Waals surface area (Å²) in [7, 11) is 0. The Morgan fingerprint density at radius 3 is 2.92 bits per heavy atom. The number of nitrogens with zero attached hydrogens (tertiary/aromatic N) is 4. The minimum absolute atomic E-state index is 0.152. The molecular weight excluding hydrogens is 304 g/mol. The molecule has 1 saturated heterocycles.